The standard InChI is InChI=1S/C11H12ClNO4/c12-8-3-1-7(2-4-8)6-17-10(14)5-9(13)11(15)16/h1-4,9H,5-6,13H2,(H,15,16). The first-order chi connectivity index (χ1) is 7.99. The highest BCUT2D eigenvalue weighted by Gasteiger charge is 2.17. The summed E-state index contributed by atoms with van der Waals surface area (Å²) in [5, 5.41) is 9.09. The maximum Gasteiger partial charge on any atom is 0.321 e. The molecular weight excluding hydrogens is 246 g/mol. The molecule has 0 fully saturated rings. The largest absolute Gasteiger partial charge is 0.480 e. The Labute approximate surface area is 103 Å². The lowest BCUT2D eigenvalue weighted by atomic mass is 10.2. The van der Waals surface area contributed by atoms with E-state index in [0.29, 0.717) is 5.02 Å². The highest BCUT2D eigenvalue weighted by Crippen LogP contribution is 2.10. The van der Waals surface area contributed by atoms with Crippen molar-refractivity contribution in [1.29, 1.82) is 0 Å². The third-order valence-electron chi connectivity index (χ3n) is 2.02. The number of esters is 1. The number of benzene rings is 1. The third-order valence-corrected chi connectivity index (χ3v) is 2.27. The van der Waals surface area contributed by atoms with Crippen LogP contribution in [0.2, 0.25) is 5.02 Å². The minimum Gasteiger partial charge on any atom is -0.480 e. The number of hydrogen-bond donors (Lipinski definition) is 2. The molecule has 0 spiro atoms. The zero-order chi connectivity index (χ0) is 12.8. The fraction of sp³-hybridized carbons (Fsp3) is 0.273. The average molecular weight is 258 g/mol. The highest BCUT2D eigenvalue weighted by atomic mass is 35.5. The summed E-state index contributed by atoms with van der Waals surface area (Å²) < 4.78 is 4.86. The molecule has 1 aromatic rings. The number of aliphatic carboxylic acids is 1. The van der Waals surface area contributed by atoms with Gasteiger partial charge in [-0.05, 0) is 17.7 Å². The number of carboxylic acid groups (broad SMARTS) is 1. The van der Waals surface area contributed by atoms with Gasteiger partial charge in [0.25, 0.3) is 0 Å². The van der Waals surface area contributed by atoms with E-state index in [9.17, 15) is 9.59 Å². The Morgan fingerprint density at radius 2 is 1.94 bits per heavy atom. The molecule has 0 radical (unpaired) electrons. The topological polar surface area (TPSA) is 89.6 Å². The maximum absolute atomic E-state index is 11.2. The van der Waals surface area contributed by atoms with E-state index in [1.54, 1.807) is 24.3 Å². The first-order valence-corrected chi connectivity index (χ1v) is 5.25. The number of carboxylic acids is 1. The van der Waals surface area contributed by atoms with Crippen LogP contribution in [0.15, 0.2) is 24.3 Å². The van der Waals surface area contributed by atoms with Gasteiger partial charge >= 0.3 is 11.9 Å². The van der Waals surface area contributed by atoms with Crippen molar-refractivity contribution in [2.24, 2.45) is 5.73 Å². The molecule has 92 valence electrons. The third kappa shape index (κ3) is 4.84. The van der Waals surface area contributed by atoms with Crippen LogP contribution in [0.3, 0.4) is 0 Å². The van der Waals surface area contributed by atoms with Crippen molar-refractivity contribution in [2.45, 2.75) is 19.1 Å². The molecule has 0 aliphatic carbocycles. The molecule has 1 unspecified atom stereocenters. The molecule has 6 heteroatoms. The van der Waals surface area contributed by atoms with Crippen LogP contribution < -0.4 is 5.73 Å². The van der Waals surface area contributed by atoms with E-state index >= 15 is 0 Å². The Balaban J connectivity index is 2.38. The van der Waals surface area contributed by atoms with Crippen LogP contribution in [-0.4, -0.2) is 23.1 Å². The van der Waals surface area contributed by atoms with Gasteiger partial charge in [0.15, 0.2) is 0 Å². The summed E-state index contributed by atoms with van der Waals surface area (Å²) in [5.41, 5.74) is 5.96. The Morgan fingerprint density at radius 1 is 1.35 bits per heavy atom. The predicted octanol–water partition coefficient (Wildman–Crippen LogP) is 1.19. The van der Waals surface area contributed by atoms with E-state index in [4.69, 9.17) is 27.2 Å². The number of carbonyl (C=O) groups excluding carboxylic acids is 1. The second-order valence-corrected chi connectivity index (χ2v) is 3.87. The van der Waals surface area contributed by atoms with Crippen LogP contribution in [-0.2, 0) is 20.9 Å². The van der Waals surface area contributed by atoms with Crippen molar-refractivity contribution in [2.75, 3.05) is 0 Å². The van der Waals surface area contributed by atoms with Crippen LogP contribution >= 0.6 is 11.6 Å². The van der Waals surface area contributed by atoms with Gasteiger partial charge in [0, 0.05) is 5.02 Å². The van der Waals surface area contributed by atoms with Gasteiger partial charge in [-0.2, -0.15) is 0 Å². The lowest BCUT2D eigenvalue weighted by Crippen LogP contribution is -2.33. The van der Waals surface area contributed by atoms with Gasteiger partial charge in [-0.25, -0.2) is 0 Å². The maximum atomic E-state index is 11.2. The Kier molecular flexibility index (Phi) is 4.93. The fourth-order valence-corrected chi connectivity index (χ4v) is 1.20. The molecule has 0 bridgehead atoms. The number of carbonyl (C=O) groups is 2. The van der Waals surface area contributed by atoms with Crippen LogP contribution in [0.25, 0.3) is 0 Å². The highest BCUT2D eigenvalue weighted by molar-refractivity contribution is 6.30. The molecule has 1 atom stereocenters. The number of hydrogen-bond acceptors (Lipinski definition) is 4. The van der Waals surface area contributed by atoms with Gasteiger partial charge in [-0.3, -0.25) is 9.59 Å². The van der Waals surface area contributed by atoms with E-state index in [2.05, 4.69) is 0 Å². The van der Waals surface area contributed by atoms with E-state index in [0.717, 1.165) is 5.56 Å². The summed E-state index contributed by atoms with van der Waals surface area (Å²) >= 11 is 5.69. The normalized spacial score (nSPS) is 11.9. The van der Waals surface area contributed by atoms with Gasteiger partial charge < -0.3 is 15.6 Å². The van der Waals surface area contributed by atoms with E-state index < -0.39 is 18.0 Å². The van der Waals surface area contributed by atoms with Crippen molar-refractivity contribution >= 4 is 23.5 Å². The zero-order valence-electron chi connectivity index (χ0n) is 8.93. The molecule has 5 nitrogen and oxygen atoms in total. The Morgan fingerprint density at radius 3 is 2.47 bits per heavy atom. The van der Waals surface area contributed by atoms with Crippen molar-refractivity contribution in [3.63, 3.8) is 0 Å². The summed E-state index contributed by atoms with van der Waals surface area (Å²) in [6.07, 6.45) is -0.344. The lowest BCUT2D eigenvalue weighted by molar-refractivity contribution is -0.149. The molecule has 3 N–H and O–H groups in total. The van der Waals surface area contributed by atoms with Gasteiger partial charge in [-0.1, -0.05) is 23.7 Å². The second kappa shape index (κ2) is 6.22. The summed E-state index contributed by atoms with van der Waals surface area (Å²) in [6.45, 7) is 0.0718. The first-order valence-electron chi connectivity index (χ1n) is 4.87. The molecule has 0 saturated heterocycles. The molecule has 0 saturated carbocycles. The minimum atomic E-state index is -1.23. The van der Waals surface area contributed by atoms with Crippen molar-refractivity contribution < 1.29 is 19.4 Å². The van der Waals surface area contributed by atoms with Gasteiger partial charge in [-0.15, -0.1) is 0 Å². The number of rotatable bonds is 5. The molecule has 0 heterocycles. The quantitative estimate of drug-likeness (QED) is 0.773. The van der Waals surface area contributed by atoms with Gasteiger partial charge in [0.1, 0.15) is 12.6 Å². The SMILES string of the molecule is NC(CC(=O)OCc1ccc(Cl)cc1)C(=O)O. The first kappa shape index (κ1) is 13.5. The molecule has 17 heavy (non-hydrogen) atoms. The molecule has 1 rings (SSSR count). The second-order valence-electron chi connectivity index (χ2n) is 3.44. The van der Waals surface area contributed by atoms with E-state index in [-0.39, 0.29) is 13.0 Å². The number of nitrogens with two attached hydrogens (primary N) is 1. The summed E-state index contributed by atoms with van der Waals surface area (Å²) in [4.78, 5) is 21.6. The van der Waals surface area contributed by atoms with E-state index in [1.807, 2.05) is 0 Å². The van der Waals surface area contributed by atoms with Gasteiger partial charge in [0.2, 0.25) is 0 Å². The summed E-state index contributed by atoms with van der Waals surface area (Å²) in [5.74, 6) is -1.87. The minimum absolute atomic E-state index is 0.0718. The fourth-order valence-electron chi connectivity index (χ4n) is 1.07. The lowest BCUT2D eigenvalue weighted by Gasteiger charge is -2.07. The molecule has 0 aliphatic rings. The van der Waals surface area contributed by atoms with Gasteiger partial charge in [0.05, 0.1) is 6.42 Å². The molecule has 1 aromatic carbocycles. The van der Waals surface area contributed by atoms with Crippen molar-refractivity contribution in [1.82, 2.24) is 0 Å². The molecule has 0 amide bonds. The van der Waals surface area contributed by atoms with Crippen molar-refractivity contribution in [3.8, 4) is 0 Å². The number of halogens is 1. The Bertz CT molecular complexity index is 404. The zero-order valence-corrected chi connectivity index (χ0v) is 9.68. The molecule has 0 aliphatic heterocycles. The molecule has 0 aromatic heterocycles. The summed E-state index contributed by atoms with van der Waals surface area (Å²) in [7, 11) is 0. The van der Waals surface area contributed by atoms with Crippen molar-refractivity contribution in [3.05, 3.63) is 34.9 Å². The van der Waals surface area contributed by atoms with Crippen LogP contribution in [0.4, 0.5) is 0 Å². The van der Waals surface area contributed by atoms with Crippen LogP contribution in [0, 0.1) is 0 Å². The van der Waals surface area contributed by atoms with Crippen LogP contribution in [0.1, 0.15) is 12.0 Å². The monoisotopic (exact) mass is 257 g/mol. The number of ether oxygens (including phenoxy) is 1. The Hall–Kier alpha value is -1.59. The average Bonchev–Trinajstić information content (AvgIpc) is 2.28. The van der Waals surface area contributed by atoms with Crippen LogP contribution in [0.5, 0.6) is 0 Å². The molecular formula is C11H12ClNO4. The summed E-state index contributed by atoms with van der Waals surface area (Å²) in [6, 6.07) is 5.55. The predicted molar refractivity (Wildman–Crippen MR) is 61.5 cm³/mol. The smallest absolute Gasteiger partial charge is 0.321 e. The van der Waals surface area contributed by atoms with E-state index in [1.165, 1.54) is 0 Å².